The van der Waals surface area contributed by atoms with E-state index in [9.17, 15) is 9.90 Å². The van der Waals surface area contributed by atoms with Gasteiger partial charge in [0.05, 0.1) is 12.7 Å². The molecule has 2 aromatic carbocycles. The Morgan fingerprint density at radius 2 is 1.88 bits per heavy atom. The van der Waals surface area contributed by atoms with Gasteiger partial charge in [-0.1, -0.05) is 30.3 Å². The van der Waals surface area contributed by atoms with E-state index in [1.165, 1.54) is 7.11 Å². The van der Waals surface area contributed by atoms with Crippen LogP contribution in [0.4, 0.5) is 0 Å². The van der Waals surface area contributed by atoms with E-state index in [0.29, 0.717) is 28.2 Å². The lowest BCUT2D eigenvalue weighted by atomic mass is 9.99. The van der Waals surface area contributed by atoms with Crippen molar-refractivity contribution < 1.29 is 19.0 Å². The van der Waals surface area contributed by atoms with Crippen LogP contribution in [0, 0.1) is 0 Å². The molecule has 5 nitrogen and oxygen atoms in total. The lowest BCUT2D eigenvalue weighted by Gasteiger charge is -2.28. The number of fused-ring (bicyclic) bond motifs is 2. The summed E-state index contributed by atoms with van der Waals surface area (Å²) in [5.41, 5.74) is 0.544. The van der Waals surface area contributed by atoms with Gasteiger partial charge in [-0.05, 0) is 26.0 Å². The lowest BCUT2D eigenvalue weighted by molar-refractivity contribution is 0.158. The molecular formula is C21H18O5. The first-order chi connectivity index (χ1) is 12.4. The predicted octanol–water partition coefficient (Wildman–Crippen LogP) is 4.36. The Morgan fingerprint density at radius 1 is 1.15 bits per heavy atom. The maximum absolute atomic E-state index is 12.9. The highest BCUT2D eigenvalue weighted by Crippen LogP contribution is 2.43. The summed E-state index contributed by atoms with van der Waals surface area (Å²) < 4.78 is 17.4. The molecule has 0 saturated heterocycles. The van der Waals surface area contributed by atoms with Crippen LogP contribution >= 0.6 is 0 Å². The van der Waals surface area contributed by atoms with Crippen molar-refractivity contribution in [3.63, 3.8) is 0 Å². The summed E-state index contributed by atoms with van der Waals surface area (Å²) in [5, 5.41) is 10.6. The van der Waals surface area contributed by atoms with Crippen molar-refractivity contribution in [2.75, 3.05) is 7.11 Å². The summed E-state index contributed by atoms with van der Waals surface area (Å²) in [6.07, 6.45) is 3.75. The molecule has 26 heavy (non-hydrogen) atoms. The largest absolute Gasteiger partial charge is 0.502 e. The van der Waals surface area contributed by atoms with Gasteiger partial charge < -0.3 is 19.0 Å². The van der Waals surface area contributed by atoms with E-state index in [2.05, 4.69) is 0 Å². The zero-order valence-electron chi connectivity index (χ0n) is 14.7. The molecule has 132 valence electrons. The first-order valence-corrected chi connectivity index (χ1v) is 8.26. The molecule has 2 heterocycles. The normalized spacial score (nSPS) is 14.7. The van der Waals surface area contributed by atoms with E-state index in [-0.39, 0.29) is 11.1 Å². The fourth-order valence-corrected chi connectivity index (χ4v) is 3.14. The molecule has 1 N–H and O–H groups in total. The van der Waals surface area contributed by atoms with Crippen molar-refractivity contribution in [1.82, 2.24) is 0 Å². The Labute approximate surface area is 150 Å². The minimum Gasteiger partial charge on any atom is -0.502 e. The van der Waals surface area contributed by atoms with Crippen molar-refractivity contribution in [3.8, 4) is 28.6 Å². The number of rotatable bonds is 2. The smallest absolute Gasteiger partial charge is 0.238 e. The number of aromatic hydroxyl groups is 1. The van der Waals surface area contributed by atoms with Crippen molar-refractivity contribution in [2.45, 2.75) is 19.4 Å². The van der Waals surface area contributed by atoms with E-state index in [1.807, 2.05) is 44.2 Å². The van der Waals surface area contributed by atoms with Gasteiger partial charge in [-0.2, -0.15) is 0 Å². The minimum atomic E-state index is -0.539. The summed E-state index contributed by atoms with van der Waals surface area (Å²) in [5.74, 6) is 0.571. The van der Waals surface area contributed by atoms with Crippen LogP contribution in [-0.2, 0) is 0 Å². The van der Waals surface area contributed by atoms with Crippen LogP contribution in [0.2, 0.25) is 0 Å². The third-order valence-corrected chi connectivity index (χ3v) is 4.38. The second kappa shape index (κ2) is 5.66. The molecule has 0 aliphatic carbocycles. The van der Waals surface area contributed by atoms with E-state index < -0.39 is 16.8 Å². The van der Waals surface area contributed by atoms with E-state index in [1.54, 1.807) is 18.2 Å². The molecule has 0 radical (unpaired) electrons. The number of methoxy groups -OCH3 is 1. The molecule has 0 amide bonds. The molecule has 3 aromatic rings. The number of benzene rings is 2. The fourth-order valence-electron chi connectivity index (χ4n) is 3.14. The highest BCUT2D eigenvalue weighted by molar-refractivity contribution is 5.93. The van der Waals surface area contributed by atoms with Gasteiger partial charge in [0.1, 0.15) is 28.1 Å². The summed E-state index contributed by atoms with van der Waals surface area (Å²) in [4.78, 5) is 12.9. The Balaban J connectivity index is 2.07. The van der Waals surface area contributed by atoms with E-state index in [0.717, 1.165) is 0 Å². The van der Waals surface area contributed by atoms with Gasteiger partial charge in [0.25, 0.3) is 0 Å². The predicted molar refractivity (Wildman–Crippen MR) is 99.9 cm³/mol. The Bertz CT molecular complexity index is 1090. The lowest BCUT2D eigenvalue weighted by Crippen LogP contribution is -2.27. The molecule has 5 heteroatoms. The average molecular weight is 350 g/mol. The maximum Gasteiger partial charge on any atom is 0.238 e. The molecule has 0 bridgehead atoms. The number of hydrogen-bond donors (Lipinski definition) is 1. The summed E-state index contributed by atoms with van der Waals surface area (Å²) in [6, 6.07) is 10.7. The second-order valence-corrected chi connectivity index (χ2v) is 6.71. The van der Waals surface area contributed by atoms with Crippen molar-refractivity contribution in [3.05, 3.63) is 58.3 Å². The number of hydrogen-bond acceptors (Lipinski definition) is 5. The average Bonchev–Trinajstić information content (AvgIpc) is 2.62. The van der Waals surface area contributed by atoms with Crippen molar-refractivity contribution in [2.24, 2.45) is 0 Å². The molecule has 1 aliphatic heterocycles. The standard InChI is InChI=1S/C21H18O5/c1-21(2)10-9-13-14(26-21)11-15-16(20(13)24-3)17(22)18(23)19(25-15)12-7-5-4-6-8-12/h4-11,23H,1-3H3. The van der Waals surface area contributed by atoms with E-state index >= 15 is 0 Å². The van der Waals surface area contributed by atoms with E-state index in [4.69, 9.17) is 13.9 Å². The third-order valence-electron chi connectivity index (χ3n) is 4.38. The summed E-state index contributed by atoms with van der Waals surface area (Å²) >= 11 is 0. The Hall–Kier alpha value is -3.21. The molecule has 4 rings (SSSR count). The topological polar surface area (TPSA) is 68.9 Å². The first-order valence-electron chi connectivity index (χ1n) is 8.26. The zero-order valence-corrected chi connectivity index (χ0v) is 14.7. The van der Waals surface area contributed by atoms with Crippen LogP contribution in [0.15, 0.2) is 51.7 Å². The summed E-state index contributed by atoms with van der Waals surface area (Å²) in [7, 11) is 1.48. The SMILES string of the molecule is COc1c2c(cc3oc(-c4ccccc4)c(O)c(=O)c13)OC(C)(C)C=C2. The second-order valence-electron chi connectivity index (χ2n) is 6.71. The molecule has 0 spiro atoms. The molecule has 0 atom stereocenters. The van der Waals surface area contributed by atoms with Crippen LogP contribution in [-0.4, -0.2) is 17.8 Å². The monoisotopic (exact) mass is 350 g/mol. The molecule has 0 unspecified atom stereocenters. The van der Waals surface area contributed by atoms with Gasteiger partial charge in [-0.25, -0.2) is 0 Å². The molecule has 1 aromatic heterocycles. The van der Waals surface area contributed by atoms with Crippen LogP contribution in [0.5, 0.6) is 17.2 Å². The summed E-state index contributed by atoms with van der Waals surface area (Å²) in [6.45, 7) is 3.87. The highest BCUT2D eigenvalue weighted by atomic mass is 16.5. The Kier molecular flexibility index (Phi) is 3.54. The Morgan fingerprint density at radius 3 is 2.58 bits per heavy atom. The van der Waals surface area contributed by atoms with Crippen LogP contribution < -0.4 is 14.9 Å². The van der Waals surface area contributed by atoms with Crippen LogP contribution in [0.3, 0.4) is 0 Å². The van der Waals surface area contributed by atoms with Gasteiger partial charge in [0, 0.05) is 11.6 Å². The zero-order chi connectivity index (χ0) is 18.5. The van der Waals surface area contributed by atoms with Crippen LogP contribution in [0.25, 0.3) is 28.4 Å². The molecule has 1 aliphatic rings. The van der Waals surface area contributed by atoms with Crippen molar-refractivity contribution >= 4 is 17.0 Å². The minimum absolute atomic E-state index is 0.121. The van der Waals surface area contributed by atoms with Crippen molar-refractivity contribution in [1.29, 1.82) is 0 Å². The van der Waals surface area contributed by atoms with Gasteiger partial charge in [0.2, 0.25) is 11.2 Å². The fraction of sp³-hybridized carbons (Fsp3) is 0.190. The molecule has 0 fully saturated rings. The van der Waals surface area contributed by atoms with Gasteiger partial charge in [-0.3, -0.25) is 4.79 Å². The molecular weight excluding hydrogens is 332 g/mol. The van der Waals surface area contributed by atoms with Crippen LogP contribution in [0.1, 0.15) is 19.4 Å². The first kappa shape index (κ1) is 16.3. The molecule has 0 saturated carbocycles. The van der Waals surface area contributed by atoms with Gasteiger partial charge in [0.15, 0.2) is 5.76 Å². The van der Waals surface area contributed by atoms with Gasteiger partial charge >= 0.3 is 0 Å². The van der Waals surface area contributed by atoms with Gasteiger partial charge in [-0.15, -0.1) is 0 Å². The quantitative estimate of drug-likeness (QED) is 0.744. The third kappa shape index (κ3) is 2.44. The maximum atomic E-state index is 12.9. The number of ether oxygens (including phenoxy) is 2. The highest BCUT2D eigenvalue weighted by Gasteiger charge is 2.28.